The number of piperidine rings is 1. The third-order valence-corrected chi connectivity index (χ3v) is 5.73. The van der Waals surface area contributed by atoms with Gasteiger partial charge in [0.05, 0.1) is 6.54 Å². The van der Waals surface area contributed by atoms with Gasteiger partial charge in [0.25, 0.3) is 5.56 Å². The first kappa shape index (κ1) is 17.0. The molecule has 2 heterocycles. The molecule has 1 aliphatic heterocycles. The van der Waals surface area contributed by atoms with Crippen molar-refractivity contribution in [3.63, 3.8) is 0 Å². The number of carbonyl (C=O) groups is 1. The first-order valence-electron chi connectivity index (χ1n) is 8.71. The lowest BCUT2D eigenvalue weighted by Crippen LogP contribution is -2.46. The van der Waals surface area contributed by atoms with Crippen LogP contribution in [0.25, 0.3) is 0 Å². The Labute approximate surface area is 141 Å². The van der Waals surface area contributed by atoms with E-state index in [9.17, 15) is 14.4 Å². The van der Waals surface area contributed by atoms with Crippen molar-refractivity contribution in [3.8, 4) is 0 Å². The summed E-state index contributed by atoms with van der Waals surface area (Å²) in [6.45, 7) is 2.00. The van der Waals surface area contributed by atoms with Crippen molar-refractivity contribution < 1.29 is 4.79 Å². The van der Waals surface area contributed by atoms with Crippen LogP contribution in [-0.4, -0.2) is 39.5 Å². The lowest BCUT2D eigenvalue weighted by atomic mass is 9.75. The number of aromatic nitrogens is 2. The minimum absolute atomic E-state index is 0.0411. The van der Waals surface area contributed by atoms with E-state index >= 15 is 0 Å². The zero-order valence-electron chi connectivity index (χ0n) is 14.5. The minimum Gasteiger partial charge on any atom is -0.384 e. The summed E-state index contributed by atoms with van der Waals surface area (Å²) in [5, 5.41) is 0. The Morgan fingerprint density at radius 1 is 1.08 bits per heavy atom. The quantitative estimate of drug-likeness (QED) is 0.806. The molecule has 1 aromatic rings. The van der Waals surface area contributed by atoms with Crippen molar-refractivity contribution in [1.29, 1.82) is 0 Å². The molecule has 1 saturated carbocycles. The Kier molecular flexibility index (Phi) is 4.62. The van der Waals surface area contributed by atoms with Gasteiger partial charge >= 0.3 is 5.69 Å². The van der Waals surface area contributed by atoms with Crippen LogP contribution in [-0.2, 0) is 14.1 Å². The maximum Gasteiger partial charge on any atom is 0.332 e. The van der Waals surface area contributed by atoms with Gasteiger partial charge < -0.3 is 5.73 Å². The molecule has 2 atom stereocenters. The molecule has 24 heavy (non-hydrogen) atoms. The van der Waals surface area contributed by atoms with E-state index in [1.807, 2.05) is 0 Å². The molecule has 1 saturated heterocycles. The van der Waals surface area contributed by atoms with Crippen LogP contribution in [0.5, 0.6) is 0 Å². The first-order chi connectivity index (χ1) is 11.4. The molecular formula is C17H26N4O3. The first-order valence-corrected chi connectivity index (χ1v) is 8.71. The summed E-state index contributed by atoms with van der Waals surface area (Å²) in [5.74, 6) is 1.12. The number of nitrogens with two attached hydrogens (primary N) is 1. The van der Waals surface area contributed by atoms with Crippen LogP contribution in [0.1, 0.15) is 42.5 Å². The minimum atomic E-state index is -0.604. The number of rotatable bonds is 3. The number of hydrogen-bond donors (Lipinski definition) is 1. The van der Waals surface area contributed by atoms with Gasteiger partial charge in [-0.2, -0.15) is 0 Å². The zero-order chi connectivity index (χ0) is 17.4. The third kappa shape index (κ3) is 2.92. The molecule has 3 rings (SSSR count). The maximum absolute atomic E-state index is 12.7. The van der Waals surface area contributed by atoms with Crippen molar-refractivity contribution in [3.05, 3.63) is 26.4 Å². The highest BCUT2D eigenvalue weighted by Crippen LogP contribution is 2.35. The molecule has 2 N–H and O–H groups in total. The van der Waals surface area contributed by atoms with E-state index in [0.717, 1.165) is 34.6 Å². The van der Waals surface area contributed by atoms with E-state index in [2.05, 4.69) is 4.90 Å². The van der Waals surface area contributed by atoms with Gasteiger partial charge in [-0.05, 0) is 31.2 Å². The normalized spacial score (nSPS) is 24.6. The summed E-state index contributed by atoms with van der Waals surface area (Å²) in [5.41, 5.74) is 4.69. The van der Waals surface area contributed by atoms with Gasteiger partial charge in [0.1, 0.15) is 11.4 Å². The summed E-state index contributed by atoms with van der Waals surface area (Å²) < 4.78 is 2.10. The largest absolute Gasteiger partial charge is 0.384 e. The molecule has 0 bridgehead atoms. The average molecular weight is 334 g/mol. The molecule has 0 radical (unpaired) electrons. The Morgan fingerprint density at radius 3 is 2.46 bits per heavy atom. The van der Waals surface area contributed by atoms with Gasteiger partial charge in [-0.3, -0.25) is 23.6 Å². The number of carbonyl (C=O) groups excluding carboxylic acids is 1. The number of Topliss-reactive ketones (excluding diaryl/α,β-unsaturated/α-hetero) is 1. The predicted octanol–water partition coefficient (Wildman–Crippen LogP) is 0.361. The van der Waals surface area contributed by atoms with Crippen molar-refractivity contribution in [2.24, 2.45) is 25.9 Å². The van der Waals surface area contributed by atoms with Gasteiger partial charge in [0.2, 0.25) is 0 Å². The Hall–Kier alpha value is -1.89. The Morgan fingerprint density at radius 2 is 1.75 bits per heavy atom. The van der Waals surface area contributed by atoms with Crippen molar-refractivity contribution in [2.75, 3.05) is 25.4 Å². The van der Waals surface area contributed by atoms with Crippen LogP contribution in [0, 0.1) is 11.8 Å². The van der Waals surface area contributed by atoms with E-state index in [1.165, 1.54) is 39.8 Å². The standard InChI is InChI=1S/C17H26N4O3/c1-19-15(18)14(16(23)20(2)17(19)24)13(22)10-21-8-7-11-5-3-4-6-12(11)9-21/h11-12H,3-10,18H2,1-2H3. The van der Waals surface area contributed by atoms with Crippen LogP contribution in [0.3, 0.4) is 0 Å². The van der Waals surface area contributed by atoms with Gasteiger partial charge in [0, 0.05) is 20.6 Å². The van der Waals surface area contributed by atoms with Crippen LogP contribution >= 0.6 is 0 Å². The Balaban J connectivity index is 1.79. The fraction of sp³-hybridized carbons (Fsp3) is 0.706. The number of nitrogens with zero attached hydrogens (tertiary/aromatic N) is 3. The molecule has 132 valence electrons. The molecule has 1 aromatic heterocycles. The summed E-state index contributed by atoms with van der Waals surface area (Å²) in [6.07, 6.45) is 6.26. The number of likely N-dealkylation sites (tertiary alicyclic amines) is 1. The molecule has 7 nitrogen and oxygen atoms in total. The lowest BCUT2D eigenvalue weighted by molar-refractivity contribution is 0.0711. The fourth-order valence-corrected chi connectivity index (χ4v) is 4.22. The van der Waals surface area contributed by atoms with Gasteiger partial charge in [0.15, 0.2) is 5.78 Å². The zero-order valence-corrected chi connectivity index (χ0v) is 14.5. The van der Waals surface area contributed by atoms with Crippen LogP contribution < -0.4 is 17.0 Å². The number of anilines is 1. The second kappa shape index (κ2) is 6.55. The second-order valence-electron chi connectivity index (χ2n) is 7.22. The van der Waals surface area contributed by atoms with E-state index in [0.29, 0.717) is 5.92 Å². The molecule has 1 aliphatic carbocycles. The molecule has 7 heteroatoms. The number of hydrogen-bond acceptors (Lipinski definition) is 5. The van der Waals surface area contributed by atoms with E-state index in [1.54, 1.807) is 0 Å². The van der Waals surface area contributed by atoms with E-state index in [4.69, 9.17) is 5.73 Å². The molecule has 2 aliphatic rings. The van der Waals surface area contributed by atoms with Crippen LogP contribution in [0.4, 0.5) is 5.82 Å². The molecule has 2 fully saturated rings. The Bertz CT molecular complexity index is 764. The van der Waals surface area contributed by atoms with E-state index in [-0.39, 0.29) is 23.7 Å². The molecule has 0 spiro atoms. The fourth-order valence-electron chi connectivity index (χ4n) is 4.22. The molecule has 0 aromatic carbocycles. The molecule has 0 amide bonds. The third-order valence-electron chi connectivity index (χ3n) is 5.73. The monoisotopic (exact) mass is 334 g/mol. The van der Waals surface area contributed by atoms with Crippen LogP contribution in [0.2, 0.25) is 0 Å². The lowest BCUT2D eigenvalue weighted by Gasteiger charge is -2.41. The highest BCUT2D eigenvalue weighted by molar-refractivity contribution is 6.01. The number of ketones is 1. The van der Waals surface area contributed by atoms with Crippen molar-refractivity contribution in [2.45, 2.75) is 32.1 Å². The second-order valence-corrected chi connectivity index (χ2v) is 7.22. The summed E-state index contributed by atoms with van der Waals surface area (Å²) >= 11 is 0. The number of nitrogen functional groups attached to an aromatic ring is 1. The SMILES string of the molecule is Cn1c(N)c(C(=O)CN2CCC3CCCCC3C2)c(=O)n(C)c1=O. The van der Waals surface area contributed by atoms with Gasteiger partial charge in [-0.15, -0.1) is 0 Å². The number of fused-ring (bicyclic) bond motifs is 1. The van der Waals surface area contributed by atoms with E-state index < -0.39 is 11.2 Å². The van der Waals surface area contributed by atoms with Crippen LogP contribution in [0.15, 0.2) is 9.59 Å². The topological polar surface area (TPSA) is 90.3 Å². The highest BCUT2D eigenvalue weighted by atomic mass is 16.2. The summed E-state index contributed by atoms with van der Waals surface area (Å²) in [6, 6.07) is 0. The maximum atomic E-state index is 12.7. The van der Waals surface area contributed by atoms with Crippen molar-refractivity contribution in [1.82, 2.24) is 14.0 Å². The van der Waals surface area contributed by atoms with Crippen molar-refractivity contribution >= 4 is 11.6 Å². The smallest absolute Gasteiger partial charge is 0.332 e. The average Bonchev–Trinajstić information content (AvgIpc) is 2.58. The summed E-state index contributed by atoms with van der Waals surface area (Å²) in [7, 11) is 2.84. The molecular weight excluding hydrogens is 308 g/mol. The highest BCUT2D eigenvalue weighted by Gasteiger charge is 2.32. The molecule has 2 unspecified atom stereocenters. The predicted molar refractivity (Wildman–Crippen MR) is 92.2 cm³/mol. The van der Waals surface area contributed by atoms with Gasteiger partial charge in [-0.25, -0.2) is 4.79 Å². The van der Waals surface area contributed by atoms with Gasteiger partial charge in [-0.1, -0.05) is 19.3 Å². The summed E-state index contributed by atoms with van der Waals surface area (Å²) in [4.78, 5) is 39.0.